The van der Waals surface area contributed by atoms with Crippen LogP contribution in [0.15, 0.2) is 53.4 Å². The molecule has 4 rings (SSSR count). The number of fused-ring (bicyclic) bond motifs is 1. The number of carbonyl (C=O) groups excluding carboxylic acids is 3. The molecule has 0 atom stereocenters. The molecule has 0 aromatic heterocycles. The molecule has 168 valence electrons. The quantitative estimate of drug-likeness (QED) is 0.513. The first-order chi connectivity index (χ1) is 15.8. The summed E-state index contributed by atoms with van der Waals surface area (Å²) in [6, 6.07) is 15.3. The number of anilines is 1. The van der Waals surface area contributed by atoms with Crippen molar-refractivity contribution >= 4 is 51.4 Å². The molecule has 7 heteroatoms. The molecule has 33 heavy (non-hydrogen) atoms. The van der Waals surface area contributed by atoms with Gasteiger partial charge < -0.3 is 10.1 Å². The molecule has 0 unspecified atom stereocenters. The van der Waals surface area contributed by atoms with Crippen LogP contribution in [0.2, 0.25) is 0 Å². The number of benzene rings is 3. The first-order valence-corrected chi connectivity index (χ1v) is 11.3. The van der Waals surface area contributed by atoms with Gasteiger partial charge in [0.05, 0.1) is 12.0 Å². The number of nitrogens with zero attached hydrogens (tertiary/aromatic N) is 1. The number of thioether (sulfide) groups is 1. The Balaban J connectivity index is 1.56. The SMILES string of the molecule is COc1ccc(/C=C2/SC(=O)N(CC(=O)Nc3c(C)cc(C)cc3C)C2=O)c2ccccc12. The van der Waals surface area contributed by atoms with Gasteiger partial charge in [-0.25, -0.2) is 0 Å². The van der Waals surface area contributed by atoms with E-state index in [1.165, 1.54) is 0 Å². The van der Waals surface area contributed by atoms with E-state index in [1.54, 1.807) is 13.2 Å². The normalized spacial score (nSPS) is 14.9. The standard InChI is InChI=1S/C26H24N2O4S/c1-15-11-16(2)24(17(3)12-15)27-23(29)14-28-25(30)22(33-26(28)31)13-18-9-10-21(32-4)20-8-6-5-7-19(18)20/h5-13H,14H2,1-4H3,(H,27,29)/b22-13+. The van der Waals surface area contributed by atoms with E-state index in [0.29, 0.717) is 5.69 Å². The third kappa shape index (κ3) is 4.50. The van der Waals surface area contributed by atoms with Gasteiger partial charge in [-0.1, -0.05) is 48.0 Å². The highest BCUT2D eigenvalue weighted by molar-refractivity contribution is 8.18. The second-order valence-corrected chi connectivity index (χ2v) is 8.99. The van der Waals surface area contributed by atoms with E-state index in [1.807, 2.05) is 69.3 Å². The van der Waals surface area contributed by atoms with E-state index < -0.39 is 17.1 Å². The highest BCUT2D eigenvalue weighted by Gasteiger charge is 2.36. The number of carbonyl (C=O) groups is 3. The molecule has 0 saturated carbocycles. The first-order valence-electron chi connectivity index (χ1n) is 10.5. The number of hydrogen-bond donors (Lipinski definition) is 1. The predicted molar refractivity (Wildman–Crippen MR) is 132 cm³/mol. The van der Waals surface area contributed by atoms with Crippen molar-refractivity contribution in [3.63, 3.8) is 0 Å². The van der Waals surface area contributed by atoms with Crippen LogP contribution in [-0.4, -0.2) is 35.6 Å². The molecular weight excluding hydrogens is 436 g/mol. The number of aryl methyl sites for hydroxylation is 3. The summed E-state index contributed by atoms with van der Waals surface area (Å²) in [5.74, 6) is -0.157. The number of nitrogens with one attached hydrogen (secondary N) is 1. The zero-order chi connectivity index (χ0) is 23.7. The molecule has 0 bridgehead atoms. The average Bonchev–Trinajstić information content (AvgIpc) is 3.03. The molecule has 1 fully saturated rings. The van der Waals surface area contributed by atoms with Crippen molar-refractivity contribution in [3.8, 4) is 5.75 Å². The molecule has 3 aromatic rings. The lowest BCUT2D eigenvalue weighted by atomic mass is 10.0. The van der Waals surface area contributed by atoms with Crippen LogP contribution in [0.3, 0.4) is 0 Å². The van der Waals surface area contributed by atoms with Gasteiger partial charge in [0.25, 0.3) is 11.1 Å². The van der Waals surface area contributed by atoms with Crippen molar-refractivity contribution < 1.29 is 19.1 Å². The number of rotatable bonds is 5. The maximum Gasteiger partial charge on any atom is 0.294 e. The van der Waals surface area contributed by atoms with E-state index >= 15 is 0 Å². The first kappa shape index (κ1) is 22.6. The van der Waals surface area contributed by atoms with E-state index in [-0.39, 0.29) is 11.4 Å². The predicted octanol–water partition coefficient (Wildman–Crippen LogP) is 5.45. The summed E-state index contributed by atoms with van der Waals surface area (Å²) in [7, 11) is 1.61. The van der Waals surface area contributed by atoms with Gasteiger partial charge in [-0.15, -0.1) is 0 Å². The van der Waals surface area contributed by atoms with Gasteiger partial charge in [0.15, 0.2) is 0 Å². The number of imide groups is 1. The highest BCUT2D eigenvalue weighted by atomic mass is 32.2. The molecule has 3 amide bonds. The summed E-state index contributed by atoms with van der Waals surface area (Å²) >= 11 is 0.839. The average molecular weight is 461 g/mol. The lowest BCUT2D eigenvalue weighted by Gasteiger charge is -2.16. The molecule has 1 aliphatic rings. The minimum atomic E-state index is -0.475. The lowest BCUT2D eigenvalue weighted by molar-refractivity contribution is -0.127. The zero-order valence-corrected chi connectivity index (χ0v) is 19.7. The summed E-state index contributed by atoms with van der Waals surface area (Å²) < 4.78 is 5.42. The molecular formula is C26H24N2O4S. The second kappa shape index (κ2) is 9.11. The zero-order valence-electron chi connectivity index (χ0n) is 18.9. The summed E-state index contributed by atoms with van der Waals surface area (Å²) in [6.07, 6.45) is 1.69. The molecule has 0 radical (unpaired) electrons. The van der Waals surface area contributed by atoms with Gasteiger partial charge >= 0.3 is 0 Å². The third-order valence-electron chi connectivity index (χ3n) is 5.54. The van der Waals surface area contributed by atoms with Gasteiger partial charge in [0, 0.05) is 11.1 Å². The van der Waals surface area contributed by atoms with Crippen molar-refractivity contribution in [2.75, 3.05) is 19.0 Å². The maximum absolute atomic E-state index is 13.0. The molecule has 6 nitrogen and oxygen atoms in total. The van der Waals surface area contributed by atoms with Crippen LogP contribution in [0.5, 0.6) is 5.75 Å². The van der Waals surface area contributed by atoms with Gasteiger partial charge in [-0.05, 0) is 66.8 Å². The molecule has 1 N–H and O–H groups in total. The number of methoxy groups -OCH3 is 1. The molecule has 0 spiro atoms. The smallest absolute Gasteiger partial charge is 0.294 e. The molecule has 1 aliphatic heterocycles. The van der Waals surface area contributed by atoms with Crippen molar-refractivity contribution in [1.82, 2.24) is 4.90 Å². The van der Waals surface area contributed by atoms with E-state index in [4.69, 9.17) is 4.74 Å². The minimum absolute atomic E-state index is 0.283. The summed E-state index contributed by atoms with van der Waals surface area (Å²) in [5.41, 5.74) is 4.47. The Morgan fingerprint density at radius 1 is 1.03 bits per heavy atom. The topological polar surface area (TPSA) is 75.7 Å². The highest BCUT2D eigenvalue weighted by Crippen LogP contribution is 2.35. The van der Waals surface area contributed by atoms with Crippen LogP contribution >= 0.6 is 11.8 Å². The monoisotopic (exact) mass is 460 g/mol. The summed E-state index contributed by atoms with van der Waals surface area (Å²) in [6.45, 7) is 5.48. The molecule has 0 aliphatic carbocycles. The van der Waals surface area contributed by atoms with Crippen LogP contribution in [0.25, 0.3) is 16.8 Å². The Labute approximate surface area is 196 Å². The Hall–Kier alpha value is -3.58. The Kier molecular flexibility index (Phi) is 6.24. The van der Waals surface area contributed by atoms with Crippen molar-refractivity contribution in [3.05, 3.63) is 75.7 Å². The van der Waals surface area contributed by atoms with E-state index in [2.05, 4.69) is 5.32 Å². The van der Waals surface area contributed by atoms with Crippen molar-refractivity contribution in [2.24, 2.45) is 0 Å². The fourth-order valence-electron chi connectivity index (χ4n) is 4.08. The van der Waals surface area contributed by atoms with E-state index in [0.717, 1.165) is 55.4 Å². The lowest BCUT2D eigenvalue weighted by Crippen LogP contribution is -2.36. The van der Waals surface area contributed by atoms with Gasteiger partial charge in [-0.2, -0.15) is 0 Å². The van der Waals surface area contributed by atoms with Crippen LogP contribution < -0.4 is 10.1 Å². The van der Waals surface area contributed by atoms with Gasteiger partial charge in [0.2, 0.25) is 5.91 Å². The maximum atomic E-state index is 13.0. The summed E-state index contributed by atoms with van der Waals surface area (Å²) in [4.78, 5) is 39.4. The Morgan fingerprint density at radius 2 is 1.70 bits per heavy atom. The number of ether oxygens (including phenoxy) is 1. The van der Waals surface area contributed by atoms with Gasteiger partial charge in [-0.3, -0.25) is 19.3 Å². The Bertz CT molecular complexity index is 1310. The largest absolute Gasteiger partial charge is 0.496 e. The minimum Gasteiger partial charge on any atom is -0.496 e. The third-order valence-corrected chi connectivity index (χ3v) is 6.45. The molecule has 1 saturated heterocycles. The van der Waals surface area contributed by atoms with Crippen LogP contribution in [0.4, 0.5) is 10.5 Å². The Morgan fingerprint density at radius 3 is 2.36 bits per heavy atom. The fraction of sp³-hybridized carbons (Fsp3) is 0.192. The van der Waals surface area contributed by atoms with Gasteiger partial charge in [0.1, 0.15) is 12.3 Å². The van der Waals surface area contributed by atoms with Crippen molar-refractivity contribution in [1.29, 1.82) is 0 Å². The van der Waals surface area contributed by atoms with E-state index in [9.17, 15) is 14.4 Å². The fourth-order valence-corrected chi connectivity index (χ4v) is 4.91. The molecule has 1 heterocycles. The second-order valence-electron chi connectivity index (χ2n) is 7.99. The number of hydrogen-bond acceptors (Lipinski definition) is 5. The van der Waals surface area contributed by atoms with Crippen LogP contribution in [0, 0.1) is 20.8 Å². The van der Waals surface area contributed by atoms with Crippen LogP contribution in [-0.2, 0) is 9.59 Å². The molecule has 3 aromatic carbocycles. The number of amides is 3. The summed E-state index contributed by atoms with van der Waals surface area (Å²) in [5, 5.41) is 4.21. The van der Waals surface area contributed by atoms with Crippen molar-refractivity contribution in [2.45, 2.75) is 20.8 Å². The van der Waals surface area contributed by atoms with Crippen LogP contribution in [0.1, 0.15) is 22.3 Å².